The average molecular weight is 403 g/mol. The number of methoxy groups -OCH3 is 2. The smallest absolute Gasteiger partial charge is 0.230 e. The Balaban J connectivity index is 1.71. The quantitative estimate of drug-likeness (QED) is 0.701. The molecule has 2 saturated heterocycles. The highest BCUT2D eigenvalue weighted by Gasteiger charge is 2.49. The van der Waals surface area contributed by atoms with Gasteiger partial charge in [-0.1, -0.05) is 26.0 Å². The summed E-state index contributed by atoms with van der Waals surface area (Å²) in [6, 6.07) is 5.76. The first-order valence-corrected chi connectivity index (χ1v) is 10.7. The van der Waals surface area contributed by atoms with Gasteiger partial charge in [0.2, 0.25) is 11.8 Å². The number of amides is 2. The molecule has 29 heavy (non-hydrogen) atoms. The molecule has 0 radical (unpaired) electrons. The van der Waals surface area contributed by atoms with E-state index in [0.29, 0.717) is 43.5 Å². The number of nitrogens with zero attached hydrogens (tertiary/aromatic N) is 2. The molecule has 6 nitrogen and oxygen atoms in total. The van der Waals surface area contributed by atoms with Crippen molar-refractivity contribution >= 4 is 11.8 Å². The van der Waals surface area contributed by atoms with Crippen LogP contribution in [-0.2, 0) is 16.1 Å². The van der Waals surface area contributed by atoms with Crippen molar-refractivity contribution < 1.29 is 19.1 Å². The van der Waals surface area contributed by atoms with Crippen LogP contribution in [0.5, 0.6) is 11.5 Å². The molecule has 160 valence electrons. The van der Waals surface area contributed by atoms with E-state index >= 15 is 0 Å². The van der Waals surface area contributed by atoms with Gasteiger partial charge < -0.3 is 19.3 Å². The number of rotatable bonds is 7. The van der Waals surface area contributed by atoms with Gasteiger partial charge in [0.05, 0.1) is 19.6 Å². The van der Waals surface area contributed by atoms with E-state index in [-0.39, 0.29) is 11.8 Å². The fraction of sp³-hybridized carbons (Fsp3) is 0.652. The second-order valence-corrected chi connectivity index (χ2v) is 8.76. The number of piperidine rings is 1. The van der Waals surface area contributed by atoms with Crippen molar-refractivity contribution in [2.45, 2.75) is 52.5 Å². The number of ether oxygens (including phenoxy) is 2. The zero-order chi connectivity index (χ0) is 21.0. The van der Waals surface area contributed by atoms with Crippen LogP contribution in [0.25, 0.3) is 0 Å². The van der Waals surface area contributed by atoms with Crippen molar-refractivity contribution in [1.82, 2.24) is 9.80 Å². The summed E-state index contributed by atoms with van der Waals surface area (Å²) in [7, 11) is 3.24. The third-order valence-electron chi connectivity index (χ3n) is 6.31. The molecule has 1 atom stereocenters. The molecular weight excluding hydrogens is 368 g/mol. The van der Waals surface area contributed by atoms with Crippen molar-refractivity contribution in [2.75, 3.05) is 33.9 Å². The molecule has 2 aliphatic rings. The van der Waals surface area contributed by atoms with E-state index in [0.717, 1.165) is 37.8 Å². The molecule has 2 heterocycles. The maximum absolute atomic E-state index is 13.5. The number of likely N-dealkylation sites (tertiary alicyclic amines) is 2. The number of carbonyl (C=O) groups is 2. The summed E-state index contributed by atoms with van der Waals surface area (Å²) in [6.45, 7) is 6.76. The van der Waals surface area contributed by atoms with E-state index in [1.54, 1.807) is 14.2 Å². The number of para-hydroxylation sites is 1. The molecule has 0 unspecified atom stereocenters. The van der Waals surface area contributed by atoms with Gasteiger partial charge in [0.1, 0.15) is 0 Å². The van der Waals surface area contributed by atoms with Crippen LogP contribution < -0.4 is 9.47 Å². The van der Waals surface area contributed by atoms with Gasteiger partial charge in [-0.3, -0.25) is 9.59 Å². The van der Waals surface area contributed by atoms with Crippen LogP contribution in [0.4, 0.5) is 0 Å². The van der Waals surface area contributed by atoms with E-state index in [1.165, 1.54) is 0 Å². The zero-order valence-corrected chi connectivity index (χ0v) is 18.2. The van der Waals surface area contributed by atoms with Gasteiger partial charge in [-0.05, 0) is 37.7 Å². The molecule has 2 aliphatic heterocycles. The highest BCUT2D eigenvalue weighted by molar-refractivity contribution is 5.86. The molecular formula is C23H34N2O4. The second kappa shape index (κ2) is 9.06. The van der Waals surface area contributed by atoms with Crippen molar-refractivity contribution in [1.29, 1.82) is 0 Å². The molecule has 2 amide bonds. The highest BCUT2D eigenvalue weighted by atomic mass is 16.5. The Hall–Kier alpha value is -2.24. The minimum Gasteiger partial charge on any atom is -0.493 e. The van der Waals surface area contributed by atoms with Gasteiger partial charge in [0.15, 0.2) is 11.5 Å². The Kier molecular flexibility index (Phi) is 6.70. The maximum atomic E-state index is 13.5. The molecule has 6 heteroatoms. The second-order valence-electron chi connectivity index (χ2n) is 8.76. The fourth-order valence-corrected chi connectivity index (χ4v) is 4.62. The van der Waals surface area contributed by atoms with Gasteiger partial charge in [-0.15, -0.1) is 0 Å². The van der Waals surface area contributed by atoms with E-state index in [2.05, 4.69) is 13.8 Å². The molecule has 0 aromatic heterocycles. The first-order valence-electron chi connectivity index (χ1n) is 10.7. The van der Waals surface area contributed by atoms with Crippen LogP contribution in [0.1, 0.15) is 51.5 Å². The molecule has 2 fully saturated rings. The molecule has 3 rings (SSSR count). The lowest BCUT2D eigenvalue weighted by Gasteiger charge is -2.39. The summed E-state index contributed by atoms with van der Waals surface area (Å²) >= 11 is 0. The fourth-order valence-electron chi connectivity index (χ4n) is 4.62. The molecule has 1 aromatic rings. The third-order valence-corrected chi connectivity index (χ3v) is 6.31. The van der Waals surface area contributed by atoms with Gasteiger partial charge in [0.25, 0.3) is 0 Å². The van der Waals surface area contributed by atoms with Gasteiger partial charge in [-0.25, -0.2) is 0 Å². The largest absolute Gasteiger partial charge is 0.493 e. The topological polar surface area (TPSA) is 59.1 Å². The molecule has 0 saturated carbocycles. The van der Waals surface area contributed by atoms with Gasteiger partial charge in [-0.2, -0.15) is 0 Å². The van der Waals surface area contributed by atoms with Crippen molar-refractivity contribution in [3.05, 3.63) is 23.8 Å². The Bertz CT molecular complexity index is 748. The zero-order valence-electron chi connectivity index (χ0n) is 18.2. The summed E-state index contributed by atoms with van der Waals surface area (Å²) in [5.41, 5.74) is 0.526. The Morgan fingerprint density at radius 1 is 1.17 bits per heavy atom. The van der Waals surface area contributed by atoms with Crippen LogP contribution in [0.2, 0.25) is 0 Å². The first-order chi connectivity index (χ1) is 13.9. The maximum Gasteiger partial charge on any atom is 0.230 e. The van der Waals surface area contributed by atoms with E-state index in [9.17, 15) is 9.59 Å². The van der Waals surface area contributed by atoms with E-state index in [4.69, 9.17) is 9.47 Å². The van der Waals surface area contributed by atoms with Crippen LogP contribution in [0.15, 0.2) is 18.2 Å². The van der Waals surface area contributed by atoms with E-state index < -0.39 is 5.41 Å². The van der Waals surface area contributed by atoms with Crippen molar-refractivity contribution in [3.63, 3.8) is 0 Å². The Morgan fingerprint density at radius 3 is 2.66 bits per heavy atom. The standard InChI is InChI=1S/C23H34N2O4/c1-17(2)9-10-20(26)25-14-12-23(16-25)11-6-13-24(22(23)27)15-18-7-5-8-19(28-3)21(18)29-4/h5,7-8,17H,6,9-16H2,1-4H3/t23-/m1/s1. The normalized spacial score (nSPS) is 21.9. The van der Waals surface area contributed by atoms with Gasteiger partial charge in [0, 0.05) is 38.2 Å². The molecule has 0 N–H and O–H groups in total. The van der Waals surface area contributed by atoms with Crippen molar-refractivity contribution in [3.8, 4) is 11.5 Å². The molecule has 1 spiro atoms. The number of hydrogen-bond acceptors (Lipinski definition) is 4. The first kappa shape index (κ1) is 21.5. The summed E-state index contributed by atoms with van der Waals surface area (Å²) in [4.78, 5) is 29.9. The van der Waals surface area contributed by atoms with Crippen molar-refractivity contribution in [2.24, 2.45) is 11.3 Å². The van der Waals surface area contributed by atoms with Gasteiger partial charge >= 0.3 is 0 Å². The number of carbonyl (C=O) groups excluding carboxylic acids is 2. The summed E-state index contributed by atoms with van der Waals surface area (Å²) in [5, 5.41) is 0. The minimum absolute atomic E-state index is 0.174. The lowest BCUT2D eigenvalue weighted by atomic mass is 9.78. The predicted octanol–water partition coefficient (Wildman–Crippen LogP) is 3.48. The Labute approximate surface area is 174 Å². The Morgan fingerprint density at radius 2 is 1.97 bits per heavy atom. The van der Waals surface area contributed by atoms with Crippen LogP contribution in [-0.4, -0.2) is 55.5 Å². The molecule has 1 aromatic carbocycles. The monoisotopic (exact) mass is 402 g/mol. The number of benzene rings is 1. The summed E-state index contributed by atoms with van der Waals surface area (Å²) < 4.78 is 10.9. The van der Waals surface area contributed by atoms with Crippen LogP contribution >= 0.6 is 0 Å². The molecule has 0 bridgehead atoms. The summed E-state index contributed by atoms with van der Waals surface area (Å²) in [5.74, 6) is 2.23. The lowest BCUT2D eigenvalue weighted by molar-refractivity contribution is -0.146. The highest BCUT2D eigenvalue weighted by Crippen LogP contribution is 2.41. The lowest BCUT2D eigenvalue weighted by Crippen LogP contribution is -2.50. The average Bonchev–Trinajstić information content (AvgIpc) is 3.14. The van der Waals surface area contributed by atoms with Crippen LogP contribution in [0.3, 0.4) is 0 Å². The summed E-state index contributed by atoms with van der Waals surface area (Å²) in [6.07, 6.45) is 4.08. The van der Waals surface area contributed by atoms with E-state index in [1.807, 2.05) is 28.0 Å². The number of hydrogen-bond donors (Lipinski definition) is 0. The predicted molar refractivity (Wildman–Crippen MR) is 112 cm³/mol. The third kappa shape index (κ3) is 4.51. The SMILES string of the molecule is COc1cccc(CN2CCC[C@]3(CCN(C(=O)CCC(C)C)C3)C2=O)c1OC. The van der Waals surface area contributed by atoms with Crippen LogP contribution in [0, 0.1) is 11.3 Å². The minimum atomic E-state index is -0.419. The molecule has 0 aliphatic carbocycles.